The normalized spacial score (nSPS) is 16.1. The predicted molar refractivity (Wildman–Crippen MR) is 116 cm³/mol. The highest BCUT2D eigenvalue weighted by Crippen LogP contribution is 2.29. The van der Waals surface area contributed by atoms with Crippen LogP contribution in [0.15, 0.2) is 54.1 Å². The fourth-order valence-corrected chi connectivity index (χ4v) is 3.76. The average Bonchev–Trinajstić information content (AvgIpc) is 3.64. The van der Waals surface area contributed by atoms with Gasteiger partial charge in [0.15, 0.2) is 0 Å². The molecule has 2 amide bonds. The number of aldehydes is 1. The van der Waals surface area contributed by atoms with Gasteiger partial charge in [0.25, 0.3) is 5.91 Å². The average molecular weight is 419 g/mol. The number of hydrogen-bond acceptors (Lipinski definition) is 6. The second-order valence-corrected chi connectivity index (χ2v) is 7.89. The zero-order chi connectivity index (χ0) is 21.8. The van der Waals surface area contributed by atoms with E-state index < -0.39 is 0 Å². The number of likely N-dealkylation sites (N-methyl/N-ethyl adjacent to an activating group) is 1. The molecule has 1 aliphatic carbocycles. The van der Waals surface area contributed by atoms with Crippen molar-refractivity contribution in [2.24, 2.45) is 0 Å². The van der Waals surface area contributed by atoms with Gasteiger partial charge in [-0.15, -0.1) is 0 Å². The Balaban J connectivity index is 1.44. The minimum Gasteiger partial charge on any atom is -0.357 e. The first-order valence-corrected chi connectivity index (χ1v) is 10.4. The number of allylic oxidation sites excluding steroid dienone is 1. The number of anilines is 1. The van der Waals surface area contributed by atoms with Crippen LogP contribution in [0, 0.1) is 0 Å². The predicted octanol–water partition coefficient (Wildman–Crippen LogP) is 2.25. The van der Waals surface area contributed by atoms with Crippen molar-refractivity contribution < 1.29 is 14.4 Å². The lowest BCUT2D eigenvalue weighted by Crippen LogP contribution is -2.43. The summed E-state index contributed by atoms with van der Waals surface area (Å²) in [5, 5.41) is 2.83. The lowest BCUT2D eigenvalue weighted by molar-refractivity contribution is -0.129. The maximum Gasteiger partial charge on any atom is 0.270 e. The van der Waals surface area contributed by atoms with Crippen LogP contribution in [0.25, 0.3) is 11.3 Å². The topological polar surface area (TPSA) is 95.5 Å². The minimum atomic E-state index is -0.262. The Morgan fingerprint density at radius 2 is 2.10 bits per heavy atom. The van der Waals surface area contributed by atoms with Gasteiger partial charge in [-0.2, -0.15) is 0 Å². The molecule has 31 heavy (non-hydrogen) atoms. The van der Waals surface area contributed by atoms with Gasteiger partial charge in [0.05, 0.1) is 24.1 Å². The second kappa shape index (κ2) is 9.07. The van der Waals surface area contributed by atoms with Gasteiger partial charge < -0.3 is 15.1 Å². The molecule has 0 saturated heterocycles. The summed E-state index contributed by atoms with van der Waals surface area (Å²) in [6, 6.07) is 7.58. The summed E-state index contributed by atoms with van der Waals surface area (Å²) in [7, 11) is 1.76. The Morgan fingerprint density at radius 1 is 1.26 bits per heavy atom. The number of carbonyl (C=O) groups excluding carboxylic acids is 3. The van der Waals surface area contributed by atoms with Crippen LogP contribution >= 0.6 is 0 Å². The van der Waals surface area contributed by atoms with E-state index in [-0.39, 0.29) is 24.4 Å². The SMILES string of the molecule is CN(C(=O)C1=C(C=O)CCCN1CC(=O)Nc1ccc(-c2cccnc2)nc1)C1CC1. The molecule has 1 fully saturated rings. The molecule has 4 rings (SSSR count). The fraction of sp³-hybridized carbons (Fsp3) is 0.348. The maximum atomic E-state index is 13.0. The van der Waals surface area contributed by atoms with E-state index in [2.05, 4.69) is 15.3 Å². The maximum absolute atomic E-state index is 13.0. The van der Waals surface area contributed by atoms with Gasteiger partial charge in [0, 0.05) is 43.2 Å². The monoisotopic (exact) mass is 419 g/mol. The van der Waals surface area contributed by atoms with Gasteiger partial charge in [-0.25, -0.2) is 0 Å². The molecule has 1 aliphatic heterocycles. The van der Waals surface area contributed by atoms with Crippen molar-refractivity contribution in [3.05, 3.63) is 54.1 Å². The van der Waals surface area contributed by atoms with Crippen molar-refractivity contribution in [1.29, 1.82) is 0 Å². The zero-order valence-corrected chi connectivity index (χ0v) is 17.5. The van der Waals surface area contributed by atoms with Crippen molar-refractivity contribution >= 4 is 23.8 Å². The Morgan fingerprint density at radius 3 is 2.74 bits per heavy atom. The van der Waals surface area contributed by atoms with E-state index in [1.54, 1.807) is 41.5 Å². The smallest absolute Gasteiger partial charge is 0.270 e. The molecule has 1 saturated carbocycles. The van der Waals surface area contributed by atoms with E-state index in [1.165, 1.54) is 0 Å². The van der Waals surface area contributed by atoms with Gasteiger partial charge in [0.2, 0.25) is 5.91 Å². The van der Waals surface area contributed by atoms with E-state index >= 15 is 0 Å². The zero-order valence-electron chi connectivity index (χ0n) is 17.5. The molecule has 160 valence electrons. The summed E-state index contributed by atoms with van der Waals surface area (Å²) in [6.45, 7) is 0.559. The molecule has 1 N–H and O–H groups in total. The third-order valence-corrected chi connectivity index (χ3v) is 5.59. The van der Waals surface area contributed by atoms with E-state index in [9.17, 15) is 14.4 Å². The number of nitrogens with zero attached hydrogens (tertiary/aromatic N) is 4. The van der Waals surface area contributed by atoms with Crippen LogP contribution in [0.2, 0.25) is 0 Å². The lowest BCUT2D eigenvalue weighted by Gasteiger charge is -2.33. The Bertz CT molecular complexity index is 1000. The third-order valence-electron chi connectivity index (χ3n) is 5.59. The molecular weight excluding hydrogens is 394 g/mol. The Labute approximate surface area is 181 Å². The molecule has 0 atom stereocenters. The van der Waals surface area contributed by atoms with Gasteiger partial charge in [-0.1, -0.05) is 0 Å². The number of carbonyl (C=O) groups is 3. The van der Waals surface area contributed by atoms with Crippen molar-refractivity contribution in [3.63, 3.8) is 0 Å². The summed E-state index contributed by atoms with van der Waals surface area (Å²) in [6.07, 6.45) is 9.02. The van der Waals surface area contributed by atoms with Crippen molar-refractivity contribution in [2.75, 3.05) is 25.5 Å². The highest BCUT2D eigenvalue weighted by atomic mass is 16.2. The van der Waals surface area contributed by atoms with Crippen LogP contribution in [0.4, 0.5) is 5.69 Å². The van der Waals surface area contributed by atoms with Crippen LogP contribution < -0.4 is 5.32 Å². The number of aromatic nitrogens is 2. The van der Waals surface area contributed by atoms with Gasteiger partial charge in [-0.05, 0) is 49.9 Å². The summed E-state index contributed by atoms with van der Waals surface area (Å²) >= 11 is 0. The van der Waals surface area contributed by atoms with E-state index in [0.29, 0.717) is 29.9 Å². The molecule has 3 heterocycles. The van der Waals surface area contributed by atoms with Crippen molar-refractivity contribution in [2.45, 2.75) is 31.7 Å². The first-order valence-electron chi connectivity index (χ1n) is 10.4. The molecule has 8 nitrogen and oxygen atoms in total. The third kappa shape index (κ3) is 4.79. The summed E-state index contributed by atoms with van der Waals surface area (Å²) in [4.78, 5) is 49.1. The fourth-order valence-electron chi connectivity index (χ4n) is 3.76. The lowest BCUT2D eigenvalue weighted by atomic mass is 10.0. The van der Waals surface area contributed by atoms with Gasteiger partial charge in [0.1, 0.15) is 12.0 Å². The number of amides is 2. The Kier molecular flexibility index (Phi) is 6.06. The molecule has 0 aromatic carbocycles. The van der Waals surface area contributed by atoms with E-state index in [1.807, 2.05) is 18.2 Å². The number of hydrogen-bond donors (Lipinski definition) is 1. The van der Waals surface area contributed by atoms with Crippen LogP contribution in [-0.4, -0.2) is 64.0 Å². The van der Waals surface area contributed by atoms with Crippen molar-refractivity contribution in [3.8, 4) is 11.3 Å². The highest BCUT2D eigenvalue weighted by molar-refractivity contribution is 6.00. The number of rotatable bonds is 7. The van der Waals surface area contributed by atoms with Crippen LogP contribution in [-0.2, 0) is 14.4 Å². The summed E-state index contributed by atoms with van der Waals surface area (Å²) in [5.74, 6) is -0.443. The summed E-state index contributed by atoms with van der Waals surface area (Å²) in [5.41, 5.74) is 3.05. The minimum absolute atomic E-state index is 0.00127. The molecule has 0 radical (unpaired) electrons. The molecule has 0 bridgehead atoms. The second-order valence-electron chi connectivity index (χ2n) is 7.89. The molecule has 0 spiro atoms. The highest BCUT2D eigenvalue weighted by Gasteiger charge is 2.35. The van der Waals surface area contributed by atoms with Crippen molar-refractivity contribution in [1.82, 2.24) is 19.8 Å². The van der Waals surface area contributed by atoms with Gasteiger partial charge >= 0.3 is 0 Å². The first-order chi connectivity index (χ1) is 15.1. The molecule has 2 aliphatic rings. The molecule has 8 heteroatoms. The standard InChI is InChI=1S/C23H25N5O3/c1-27(19-7-8-19)23(31)22-17(15-29)5-3-11-28(22)14-21(30)26-18-6-9-20(25-13-18)16-4-2-10-24-12-16/h2,4,6,9-10,12-13,15,19H,3,5,7-8,11,14H2,1H3,(H,26,30). The molecule has 0 unspecified atom stereocenters. The molecular formula is C23H25N5O3. The van der Waals surface area contributed by atoms with Crippen LogP contribution in [0.5, 0.6) is 0 Å². The van der Waals surface area contributed by atoms with Crippen LogP contribution in [0.3, 0.4) is 0 Å². The largest absolute Gasteiger partial charge is 0.357 e. The molecule has 2 aromatic rings. The Hall–Kier alpha value is -3.55. The number of pyridine rings is 2. The van der Waals surface area contributed by atoms with Crippen LogP contribution in [0.1, 0.15) is 25.7 Å². The quantitative estimate of drug-likeness (QED) is 0.692. The number of nitrogens with one attached hydrogen (secondary N) is 1. The first kappa shape index (κ1) is 20.7. The van der Waals surface area contributed by atoms with Gasteiger partial charge in [-0.3, -0.25) is 24.4 Å². The molecule has 2 aromatic heterocycles. The summed E-state index contributed by atoms with van der Waals surface area (Å²) < 4.78 is 0. The van der Waals surface area contributed by atoms with E-state index in [4.69, 9.17) is 0 Å². The van der Waals surface area contributed by atoms with E-state index in [0.717, 1.165) is 36.8 Å².